The highest BCUT2D eigenvalue weighted by atomic mass is 32.2. The van der Waals surface area contributed by atoms with Crippen LogP contribution >= 0.6 is 24.0 Å². The van der Waals surface area contributed by atoms with Crippen molar-refractivity contribution in [1.29, 1.82) is 0 Å². The normalized spacial score (nSPS) is 16.6. The Balaban J connectivity index is 2.28. The van der Waals surface area contributed by atoms with Gasteiger partial charge in [0.2, 0.25) is 0 Å². The lowest BCUT2D eigenvalue weighted by Gasteiger charge is -2.14. The molecular weight excluding hydrogens is 314 g/mol. The van der Waals surface area contributed by atoms with E-state index in [1.165, 1.54) is 13.2 Å². The number of carboxylic acids is 1. The molecule has 1 aliphatic rings. The average Bonchev–Trinajstić information content (AvgIpc) is 2.68. The minimum absolute atomic E-state index is 0.0147. The lowest BCUT2D eigenvalue weighted by atomic mass is 10.2. The minimum atomic E-state index is -1.38. The monoisotopic (exact) mass is 324 g/mol. The van der Waals surface area contributed by atoms with Crippen molar-refractivity contribution in [3.05, 3.63) is 28.7 Å². The Morgan fingerprint density at radius 1 is 1.57 bits per heavy atom. The molecule has 0 spiro atoms. The Kier molecular flexibility index (Phi) is 4.49. The molecule has 1 saturated heterocycles. The fourth-order valence-corrected chi connectivity index (χ4v) is 2.96. The van der Waals surface area contributed by atoms with E-state index < -0.39 is 18.4 Å². The molecule has 0 atom stereocenters. The van der Waals surface area contributed by atoms with Gasteiger partial charge in [-0.2, -0.15) is 0 Å². The largest absolute Gasteiger partial charge is 0.548 e. The third-order valence-corrected chi connectivity index (χ3v) is 4.04. The van der Waals surface area contributed by atoms with E-state index in [1.54, 1.807) is 18.2 Å². The number of methoxy groups -OCH3 is 1. The van der Waals surface area contributed by atoms with Gasteiger partial charge in [-0.05, 0) is 23.8 Å². The van der Waals surface area contributed by atoms with Crippen LogP contribution in [0.15, 0.2) is 23.1 Å². The third kappa shape index (κ3) is 3.34. The first-order valence-electron chi connectivity index (χ1n) is 5.74. The highest BCUT2D eigenvalue weighted by Gasteiger charge is 2.31. The predicted octanol–water partition coefficient (Wildman–Crippen LogP) is 0.352. The van der Waals surface area contributed by atoms with E-state index in [-0.39, 0.29) is 15.8 Å². The number of thioether (sulfide) groups is 1. The van der Waals surface area contributed by atoms with Gasteiger partial charge in [-0.25, -0.2) is 0 Å². The number of phenolic OH excluding ortho intramolecular Hbond substituents is 1. The van der Waals surface area contributed by atoms with Crippen LogP contribution in [0.2, 0.25) is 0 Å². The molecule has 1 N–H and O–H groups in total. The molecule has 110 valence electrons. The van der Waals surface area contributed by atoms with E-state index in [2.05, 4.69) is 0 Å². The molecule has 1 aromatic carbocycles. The quantitative estimate of drug-likeness (QED) is 0.631. The van der Waals surface area contributed by atoms with Crippen LogP contribution < -0.4 is 9.84 Å². The molecule has 0 bridgehead atoms. The van der Waals surface area contributed by atoms with E-state index >= 15 is 0 Å². The van der Waals surface area contributed by atoms with E-state index in [4.69, 9.17) is 17.0 Å². The zero-order chi connectivity index (χ0) is 15.6. The van der Waals surface area contributed by atoms with Gasteiger partial charge in [0.25, 0.3) is 5.91 Å². The Morgan fingerprint density at radius 2 is 2.29 bits per heavy atom. The van der Waals surface area contributed by atoms with Crippen molar-refractivity contribution in [2.24, 2.45) is 0 Å². The SMILES string of the molecule is COc1cc(/C=C2\SC(=S)N(CC(=O)[O-])C2=O)ccc1O. The van der Waals surface area contributed by atoms with Crippen molar-refractivity contribution in [3.63, 3.8) is 0 Å². The predicted molar refractivity (Wildman–Crippen MR) is 79.5 cm³/mol. The van der Waals surface area contributed by atoms with Crippen molar-refractivity contribution >= 4 is 46.3 Å². The van der Waals surface area contributed by atoms with Gasteiger partial charge in [-0.1, -0.05) is 30.0 Å². The zero-order valence-corrected chi connectivity index (χ0v) is 12.5. The molecule has 1 fully saturated rings. The second-order valence-corrected chi connectivity index (χ2v) is 5.75. The number of benzene rings is 1. The summed E-state index contributed by atoms with van der Waals surface area (Å²) in [6.07, 6.45) is 1.55. The van der Waals surface area contributed by atoms with Crippen LogP contribution in [-0.2, 0) is 9.59 Å². The van der Waals surface area contributed by atoms with Gasteiger partial charge >= 0.3 is 0 Å². The summed E-state index contributed by atoms with van der Waals surface area (Å²) in [7, 11) is 1.41. The molecule has 2 rings (SSSR count). The van der Waals surface area contributed by atoms with Crippen molar-refractivity contribution in [1.82, 2.24) is 4.90 Å². The number of phenols is 1. The molecule has 0 radical (unpaired) electrons. The number of rotatable bonds is 4. The zero-order valence-electron chi connectivity index (χ0n) is 10.9. The minimum Gasteiger partial charge on any atom is -0.548 e. The van der Waals surface area contributed by atoms with Crippen LogP contribution in [0.1, 0.15) is 5.56 Å². The van der Waals surface area contributed by atoms with E-state index in [0.717, 1.165) is 16.7 Å². The van der Waals surface area contributed by atoms with Crippen LogP contribution in [0.25, 0.3) is 6.08 Å². The topological polar surface area (TPSA) is 89.9 Å². The number of hydrogen-bond acceptors (Lipinski definition) is 7. The molecule has 0 unspecified atom stereocenters. The van der Waals surface area contributed by atoms with Gasteiger partial charge in [0, 0.05) is 0 Å². The molecule has 1 aromatic rings. The van der Waals surface area contributed by atoms with Crippen LogP contribution in [-0.4, -0.2) is 39.9 Å². The van der Waals surface area contributed by atoms with E-state index in [1.807, 2.05) is 0 Å². The number of aromatic hydroxyl groups is 1. The Labute approximate surface area is 130 Å². The average molecular weight is 324 g/mol. The van der Waals surface area contributed by atoms with Gasteiger partial charge in [0.15, 0.2) is 11.5 Å². The number of carbonyl (C=O) groups excluding carboxylic acids is 2. The van der Waals surface area contributed by atoms with E-state index in [9.17, 15) is 19.8 Å². The Bertz CT molecular complexity index is 656. The van der Waals surface area contributed by atoms with E-state index in [0.29, 0.717) is 10.5 Å². The van der Waals surface area contributed by atoms with Crippen molar-refractivity contribution in [2.75, 3.05) is 13.7 Å². The van der Waals surface area contributed by atoms with Crippen LogP contribution in [0, 0.1) is 0 Å². The highest BCUT2D eigenvalue weighted by molar-refractivity contribution is 8.26. The van der Waals surface area contributed by atoms with Crippen molar-refractivity contribution in [2.45, 2.75) is 0 Å². The maximum atomic E-state index is 12.1. The third-order valence-electron chi connectivity index (χ3n) is 2.66. The number of ether oxygens (including phenoxy) is 1. The molecular formula is C13H10NO5S2-. The molecule has 6 nitrogen and oxygen atoms in total. The maximum Gasteiger partial charge on any atom is 0.266 e. The Morgan fingerprint density at radius 3 is 2.90 bits per heavy atom. The number of carbonyl (C=O) groups is 2. The molecule has 1 heterocycles. The van der Waals surface area contributed by atoms with Gasteiger partial charge in [-0.15, -0.1) is 0 Å². The van der Waals surface area contributed by atoms with Gasteiger partial charge < -0.3 is 19.7 Å². The summed E-state index contributed by atoms with van der Waals surface area (Å²) >= 11 is 5.98. The fraction of sp³-hybridized carbons (Fsp3) is 0.154. The molecule has 0 aromatic heterocycles. The fourth-order valence-electron chi connectivity index (χ4n) is 1.70. The maximum absolute atomic E-state index is 12.1. The summed E-state index contributed by atoms with van der Waals surface area (Å²) in [5, 5.41) is 20.1. The van der Waals surface area contributed by atoms with Gasteiger partial charge in [-0.3, -0.25) is 9.69 Å². The van der Waals surface area contributed by atoms with Crippen molar-refractivity contribution < 1.29 is 24.5 Å². The summed E-state index contributed by atoms with van der Waals surface area (Å²) in [6, 6.07) is 4.59. The number of carboxylic acid groups (broad SMARTS) is 1. The van der Waals surface area contributed by atoms with Gasteiger partial charge in [0.05, 0.1) is 24.5 Å². The summed E-state index contributed by atoms with van der Waals surface area (Å²) in [5.74, 6) is -1.60. The lowest BCUT2D eigenvalue weighted by molar-refractivity contribution is -0.305. The first-order chi connectivity index (χ1) is 9.92. The second kappa shape index (κ2) is 6.15. The first-order valence-corrected chi connectivity index (χ1v) is 6.97. The number of nitrogens with zero attached hydrogens (tertiary/aromatic N) is 1. The molecule has 0 aliphatic carbocycles. The smallest absolute Gasteiger partial charge is 0.266 e. The Hall–Kier alpha value is -2.06. The van der Waals surface area contributed by atoms with Crippen LogP contribution in [0.5, 0.6) is 11.5 Å². The van der Waals surface area contributed by atoms with Gasteiger partial charge in [0.1, 0.15) is 4.32 Å². The molecule has 1 aliphatic heterocycles. The number of amides is 1. The summed E-state index contributed by atoms with van der Waals surface area (Å²) in [5.41, 5.74) is 0.624. The summed E-state index contributed by atoms with van der Waals surface area (Å²) in [4.78, 5) is 23.9. The molecule has 0 saturated carbocycles. The number of thiocarbonyl (C=S) groups is 1. The summed E-state index contributed by atoms with van der Waals surface area (Å²) in [6.45, 7) is -0.569. The number of hydrogen-bond donors (Lipinski definition) is 1. The second-order valence-electron chi connectivity index (χ2n) is 4.07. The summed E-state index contributed by atoms with van der Waals surface area (Å²) < 4.78 is 5.15. The highest BCUT2D eigenvalue weighted by Crippen LogP contribution is 2.34. The van der Waals surface area contributed by atoms with Crippen LogP contribution in [0.3, 0.4) is 0 Å². The van der Waals surface area contributed by atoms with Crippen LogP contribution in [0.4, 0.5) is 0 Å². The molecule has 8 heteroatoms. The molecule has 1 amide bonds. The van der Waals surface area contributed by atoms with Crippen molar-refractivity contribution in [3.8, 4) is 11.5 Å². The number of aliphatic carboxylic acids is 1. The lowest BCUT2D eigenvalue weighted by Crippen LogP contribution is -2.40. The standard InChI is InChI=1S/C13H11NO5S2/c1-19-9-4-7(2-3-8(9)15)5-10-12(18)14(6-11(16)17)13(20)21-10/h2-5,15H,6H2,1H3,(H,16,17)/p-1/b10-5-. The molecule has 21 heavy (non-hydrogen) atoms. The first kappa shape index (κ1) is 15.3.